The molecule has 0 heterocycles. The van der Waals surface area contributed by atoms with Crippen LogP contribution in [0.25, 0.3) is 0 Å². The molecule has 0 spiro atoms. The Balaban J connectivity index is 1.86. The molecule has 1 amide bonds. The summed E-state index contributed by atoms with van der Waals surface area (Å²) >= 11 is 0. The van der Waals surface area contributed by atoms with E-state index in [0.717, 1.165) is 25.0 Å². The lowest BCUT2D eigenvalue weighted by molar-refractivity contribution is -0.125. The summed E-state index contributed by atoms with van der Waals surface area (Å²) < 4.78 is 5.59. The van der Waals surface area contributed by atoms with Gasteiger partial charge in [-0.15, -0.1) is 0 Å². The molecular formula is C17H25NO3. The van der Waals surface area contributed by atoms with Gasteiger partial charge in [-0.05, 0) is 62.3 Å². The fourth-order valence-electron chi connectivity index (χ4n) is 2.73. The summed E-state index contributed by atoms with van der Waals surface area (Å²) in [7, 11) is 0. The van der Waals surface area contributed by atoms with Gasteiger partial charge in [0.1, 0.15) is 5.75 Å². The molecule has 0 saturated heterocycles. The van der Waals surface area contributed by atoms with E-state index >= 15 is 0 Å². The van der Waals surface area contributed by atoms with E-state index in [4.69, 9.17) is 9.84 Å². The van der Waals surface area contributed by atoms with Crippen LogP contribution in [-0.2, 0) is 17.6 Å². The maximum Gasteiger partial charge on any atom is 0.258 e. The van der Waals surface area contributed by atoms with Crippen LogP contribution in [0, 0.1) is 0 Å². The number of aliphatic hydroxyl groups excluding tert-OH is 1. The number of fused-ring (bicyclic) bond motifs is 1. The molecule has 4 heteroatoms. The topological polar surface area (TPSA) is 58.6 Å². The second kappa shape index (κ2) is 6.94. The number of aryl methyl sites for hydroxylation is 2. The van der Waals surface area contributed by atoms with Gasteiger partial charge in [-0.1, -0.05) is 13.0 Å². The number of benzene rings is 1. The zero-order chi connectivity index (χ0) is 15.3. The molecule has 1 atom stereocenters. The minimum atomic E-state index is -0.368. The molecular weight excluding hydrogens is 266 g/mol. The Morgan fingerprint density at radius 3 is 2.86 bits per heavy atom. The van der Waals surface area contributed by atoms with Crippen molar-refractivity contribution in [2.75, 3.05) is 13.2 Å². The van der Waals surface area contributed by atoms with Crippen LogP contribution in [0.3, 0.4) is 0 Å². The molecule has 2 rings (SSSR count). The smallest absolute Gasteiger partial charge is 0.258 e. The van der Waals surface area contributed by atoms with Gasteiger partial charge in [-0.3, -0.25) is 4.79 Å². The van der Waals surface area contributed by atoms with Crippen molar-refractivity contribution in [1.29, 1.82) is 0 Å². The van der Waals surface area contributed by atoms with Gasteiger partial charge >= 0.3 is 0 Å². The standard InChI is InChI=1S/C17H25NO3/c1-3-17(2,9-10-19)18-16(20)12-21-15-8-7-13-5-4-6-14(13)11-15/h7-8,11,19H,3-6,9-10,12H2,1-2H3,(H,18,20). The van der Waals surface area contributed by atoms with Gasteiger partial charge in [0.2, 0.25) is 0 Å². The minimum absolute atomic E-state index is 0.0137. The Labute approximate surface area is 126 Å². The lowest BCUT2D eigenvalue weighted by atomic mass is 9.95. The monoisotopic (exact) mass is 291 g/mol. The Kier molecular flexibility index (Phi) is 5.23. The third-order valence-corrected chi connectivity index (χ3v) is 4.32. The largest absolute Gasteiger partial charge is 0.484 e. The van der Waals surface area contributed by atoms with Crippen molar-refractivity contribution in [2.24, 2.45) is 0 Å². The second-order valence-electron chi connectivity index (χ2n) is 6.01. The second-order valence-corrected chi connectivity index (χ2v) is 6.01. The van der Waals surface area contributed by atoms with Crippen LogP contribution in [0.2, 0.25) is 0 Å². The number of hydrogen-bond donors (Lipinski definition) is 2. The van der Waals surface area contributed by atoms with Crippen LogP contribution in [0.5, 0.6) is 5.75 Å². The van der Waals surface area contributed by atoms with E-state index in [2.05, 4.69) is 11.4 Å². The van der Waals surface area contributed by atoms with Crippen molar-refractivity contribution < 1.29 is 14.6 Å². The average molecular weight is 291 g/mol. The first-order valence-corrected chi connectivity index (χ1v) is 7.73. The third-order valence-electron chi connectivity index (χ3n) is 4.32. The average Bonchev–Trinajstić information content (AvgIpc) is 2.93. The molecule has 21 heavy (non-hydrogen) atoms. The van der Waals surface area contributed by atoms with Gasteiger partial charge in [0.25, 0.3) is 5.91 Å². The van der Waals surface area contributed by atoms with Gasteiger partial charge in [0, 0.05) is 12.1 Å². The van der Waals surface area contributed by atoms with E-state index in [-0.39, 0.29) is 24.7 Å². The number of carbonyl (C=O) groups excluding carboxylic acids is 1. The highest BCUT2D eigenvalue weighted by Gasteiger charge is 2.23. The third kappa shape index (κ3) is 4.21. The Morgan fingerprint density at radius 2 is 2.14 bits per heavy atom. The molecule has 1 unspecified atom stereocenters. The number of nitrogens with one attached hydrogen (secondary N) is 1. The number of aliphatic hydroxyl groups is 1. The van der Waals surface area contributed by atoms with Gasteiger partial charge in [0.05, 0.1) is 0 Å². The normalized spacial score (nSPS) is 16.1. The maximum atomic E-state index is 12.0. The number of amides is 1. The minimum Gasteiger partial charge on any atom is -0.484 e. The van der Waals surface area contributed by atoms with Gasteiger partial charge in [-0.25, -0.2) is 0 Å². The molecule has 4 nitrogen and oxygen atoms in total. The zero-order valence-electron chi connectivity index (χ0n) is 12.9. The van der Waals surface area contributed by atoms with E-state index < -0.39 is 0 Å². The predicted molar refractivity (Wildman–Crippen MR) is 82.5 cm³/mol. The Hall–Kier alpha value is -1.55. The van der Waals surface area contributed by atoms with E-state index in [1.165, 1.54) is 17.5 Å². The fourth-order valence-corrected chi connectivity index (χ4v) is 2.73. The van der Waals surface area contributed by atoms with Crippen LogP contribution in [-0.4, -0.2) is 29.8 Å². The van der Waals surface area contributed by atoms with Crippen LogP contribution in [0.4, 0.5) is 0 Å². The molecule has 0 saturated carbocycles. The summed E-state index contributed by atoms with van der Waals surface area (Å²) in [4.78, 5) is 12.0. The first-order chi connectivity index (χ1) is 10.1. The number of carbonyl (C=O) groups is 1. The van der Waals surface area contributed by atoms with E-state index in [0.29, 0.717) is 6.42 Å². The molecule has 1 aliphatic carbocycles. The quantitative estimate of drug-likeness (QED) is 0.810. The summed E-state index contributed by atoms with van der Waals surface area (Å²) in [6.45, 7) is 4.02. The van der Waals surface area contributed by atoms with Gasteiger partial charge < -0.3 is 15.2 Å². The first kappa shape index (κ1) is 15.8. The molecule has 116 valence electrons. The molecule has 2 N–H and O–H groups in total. The number of hydrogen-bond acceptors (Lipinski definition) is 3. The summed E-state index contributed by atoms with van der Waals surface area (Å²) in [5.74, 6) is 0.611. The van der Waals surface area contributed by atoms with Gasteiger partial charge in [0.15, 0.2) is 6.61 Å². The van der Waals surface area contributed by atoms with Crippen LogP contribution in [0.1, 0.15) is 44.2 Å². The summed E-state index contributed by atoms with van der Waals surface area (Å²) in [6, 6.07) is 6.07. The van der Waals surface area contributed by atoms with Crippen molar-refractivity contribution in [3.05, 3.63) is 29.3 Å². The van der Waals surface area contributed by atoms with Crippen LogP contribution in [0.15, 0.2) is 18.2 Å². The summed E-state index contributed by atoms with van der Waals surface area (Å²) in [6.07, 6.45) is 4.77. The van der Waals surface area contributed by atoms with Crippen molar-refractivity contribution >= 4 is 5.91 Å². The molecule has 0 fully saturated rings. The first-order valence-electron chi connectivity index (χ1n) is 7.73. The van der Waals surface area contributed by atoms with E-state index in [1.54, 1.807) is 0 Å². The SMILES string of the molecule is CCC(C)(CCO)NC(=O)COc1ccc2c(c1)CCC2. The molecule has 1 aromatic carbocycles. The summed E-state index contributed by atoms with van der Waals surface area (Å²) in [5.41, 5.74) is 2.37. The molecule has 1 aromatic rings. The highest BCUT2D eigenvalue weighted by atomic mass is 16.5. The molecule has 0 aromatic heterocycles. The predicted octanol–water partition coefficient (Wildman–Crippen LogP) is 2.22. The maximum absolute atomic E-state index is 12.0. The van der Waals surface area contributed by atoms with Crippen molar-refractivity contribution in [3.8, 4) is 5.75 Å². The molecule has 1 aliphatic rings. The van der Waals surface area contributed by atoms with Crippen molar-refractivity contribution in [1.82, 2.24) is 5.32 Å². The van der Waals surface area contributed by atoms with Crippen LogP contribution >= 0.6 is 0 Å². The summed E-state index contributed by atoms with van der Waals surface area (Å²) in [5, 5.41) is 12.0. The van der Waals surface area contributed by atoms with E-state index in [1.807, 2.05) is 26.0 Å². The van der Waals surface area contributed by atoms with Crippen molar-refractivity contribution in [2.45, 2.75) is 51.5 Å². The molecule has 0 radical (unpaired) electrons. The van der Waals surface area contributed by atoms with Gasteiger partial charge in [-0.2, -0.15) is 0 Å². The van der Waals surface area contributed by atoms with Crippen molar-refractivity contribution in [3.63, 3.8) is 0 Å². The highest BCUT2D eigenvalue weighted by molar-refractivity contribution is 5.78. The molecule has 0 bridgehead atoms. The Bertz CT molecular complexity index is 501. The zero-order valence-corrected chi connectivity index (χ0v) is 12.9. The number of rotatable bonds is 7. The Morgan fingerprint density at radius 1 is 1.38 bits per heavy atom. The lowest BCUT2D eigenvalue weighted by Gasteiger charge is -2.28. The lowest BCUT2D eigenvalue weighted by Crippen LogP contribution is -2.47. The molecule has 0 aliphatic heterocycles. The highest BCUT2D eigenvalue weighted by Crippen LogP contribution is 2.26. The fraction of sp³-hybridized carbons (Fsp3) is 0.588. The van der Waals surface area contributed by atoms with Crippen LogP contribution < -0.4 is 10.1 Å². The number of ether oxygens (including phenoxy) is 1. The van der Waals surface area contributed by atoms with E-state index in [9.17, 15) is 4.79 Å².